The summed E-state index contributed by atoms with van der Waals surface area (Å²) in [5.41, 5.74) is 3.32. The van der Waals surface area contributed by atoms with Crippen molar-refractivity contribution < 1.29 is 13.2 Å². The number of fused-ring (bicyclic) bond motifs is 1. The normalized spacial score (nSPS) is 17.9. The van der Waals surface area contributed by atoms with E-state index in [1.165, 1.54) is 35.4 Å². The zero-order valence-electron chi connectivity index (χ0n) is 20.0. The van der Waals surface area contributed by atoms with Gasteiger partial charge in [-0.25, -0.2) is 8.42 Å². The van der Waals surface area contributed by atoms with Gasteiger partial charge < -0.3 is 9.64 Å². The lowest BCUT2D eigenvalue weighted by Gasteiger charge is -2.32. The third-order valence-electron chi connectivity index (χ3n) is 6.85. The summed E-state index contributed by atoms with van der Waals surface area (Å²) in [5.74, 6) is 3.03. The molecule has 2 aliphatic rings. The number of ether oxygens (including phenoxy) is 1. The Morgan fingerprint density at radius 3 is 2.52 bits per heavy atom. The first-order valence-corrected chi connectivity index (χ1v) is 13.9. The molecule has 7 nitrogen and oxygen atoms in total. The molecule has 4 rings (SSSR count). The zero-order chi connectivity index (χ0) is 23.4. The van der Waals surface area contributed by atoms with E-state index >= 15 is 0 Å². The van der Waals surface area contributed by atoms with Crippen molar-refractivity contribution in [2.24, 2.45) is 5.92 Å². The van der Waals surface area contributed by atoms with Crippen molar-refractivity contribution >= 4 is 15.8 Å². The highest BCUT2D eigenvalue weighted by Gasteiger charge is 2.23. The summed E-state index contributed by atoms with van der Waals surface area (Å²) in [6, 6.07) is 10.3. The van der Waals surface area contributed by atoms with Crippen LogP contribution in [0.2, 0.25) is 0 Å². The Morgan fingerprint density at radius 1 is 1.06 bits per heavy atom. The molecule has 3 heterocycles. The van der Waals surface area contributed by atoms with Gasteiger partial charge in [0.25, 0.3) is 0 Å². The van der Waals surface area contributed by atoms with Crippen molar-refractivity contribution in [2.45, 2.75) is 58.4 Å². The summed E-state index contributed by atoms with van der Waals surface area (Å²) in [6.07, 6.45) is 6.61. The summed E-state index contributed by atoms with van der Waals surface area (Å²) < 4.78 is 31.1. The van der Waals surface area contributed by atoms with E-state index in [0.29, 0.717) is 19.0 Å². The molecule has 1 fully saturated rings. The van der Waals surface area contributed by atoms with Crippen LogP contribution in [0.25, 0.3) is 0 Å². The van der Waals surface area contributed by atoms with E-state index in [2.05, 4.69) is 47.1 Å². The van der Waals surface area contributed by atoms with E-state index in [1.54, 1.807) is 0 Å². The second-order valence-corrected chi connectivity index (χ2v) is 11.7. The Kier molecular flexibility index (Phi) is 7.54. The molecule has 0 saturated carbocycles. The molecule has 0 aliphatic carbocycles. The Bertz CT molecular complexity index is 1030. The average Bonchev–Trinajstić information content (AvgIpc) is 2.81. The largest absolute Gasteiger partial charge is 0.494 e. The van der Waals surface area contributed by atoms with Crippen molar-refractivity contribution in [3.8, 4) is 5.75 Å². The molecular weight excluding hydrogens is 436 g/mol. The van der Waals surface area contributed by atoms with Crippen LogP contribution in [0.3, 0.4) is 0 Å². The van der Waals surface area contributed by atoms with Crippen LogP contribution in [-0.2, 0) is 23.0 Å². The molecule has 0 bridgehead atoms. The van der Waals surface area contributed by atoms with Gasteiger partial charge in [-0.2, -0.15) is 9.40 Å². The van der Waals surface area contributed by atoms with Crippen LogP contribution < -0.4 is 9.64 Å². The van der Waals surface area contributed by atoms with Gasteiger partial charge in [-0.05, 0) is 79.3 Å². The van der Waals surface area contributed by atoms with Crippen LogP contribution in [0.5, 0.6) is 5.75 Å². The van der Waals surface area contributed by atoms with Crippen molar-refractivity contribution in [3.05, 3.63) is 47.2 Å². The van der Waals surface area contributed by atoms with Gasteiger partial charge in [0.05, 0.1) is 18.6 Å². The Morgan fingerprint density at radius 2 is 1.85 bits per heavy atom. The first kappa shape index (κ1) is 24.0. The lowest BCUT2D eigenvalue weighted by Crippen LogP contribution is -2.35. The molecule has 33 heavy (non-hydrogen) atoms. The highest BCUT2D eigenvalue weighted by atomic mass is 32.2. The van der Waals surface area contributed by atoms with Crippen LogP contribution in [0.1, 0.15) is 62.3 Å². The maximum atomic E-state index is 11.8. The molecule has 0 radical (unpaired) electrons. The summed E-state index contributed by atoms with van der Waals surface area (Å²) in [6.45, 7) is 8.07. The van der Waals surface area contributed by atoms with E-state index in [4.69, 9.17) is 4.74 Å². The van der Waals surface area contributed by atoms with E-state index in [9.17, 15) is 8.42 Å². The summed E-state index contributed by atoms with van der Waals surface area (Å²) in [7, 11) is -3.14. The fraction of sp³-hybridized carbons (Fsp3) is 0.600. The number of hydrogen-bond acceptors (Lipinski definition) is 6. The number of sulfonamides is 1. The predicted molar refractivity (Wildman–Crippen MR) is 131 cm³/mol. The maximum absolute atomic E-state index is 11.8. The summed E-state index contributed by atoms with van der Waals surface area (Å²) in [4.78, 5) is 2.35. The van der Waals surface area contributed by atoms with Crippen LogP contribution in [-0.4, -0.2) is 55.4 Å². The number of rotatable bonds is 8. The van der Waals surface area contributed by atoms with Gasteiger partial charge in [-0.1, -0.05) is 19.9 Å². The molecule has 8 heteroatoms. The second-order valence-electron chi connectivity index (χ2n) is 9.67. The lowest BCUT2D eigenvalue weighted by molar-refractivity contribution is 0.278. The average molecular weight is 473 g/mol. The molecule has 0 spiro atoms. The van der Waals surface area contributed by atoms with Gasteiger partial charge >= 0.3 is 0 Å². The molecule has 1 saturated heterocycles. The molecular formula is C25H36N4O3S. The molecule has 1 aromatic carbocycles. The fourth-order valence-corrected chi connectivity index (χ4v) is 5.50. The molecule has 0 amide bonds. The molecule has 0 unspecified atom stereocenters. The van der Waals surface area contributed by atoms with Gasteiger partial charge in [-0.3, -0.25) is 0 Å². The van der Waals surface area contributed by atoms with E-state index < -0.39 is 10.0 Å². The minimum atomic E-state index is -3.14. The number of nitrogens with zero attached hydrogens (tertiary/aromatic N) is 4. The number of anilines is 1. The van der Waals surface area contributed by atoms with Gasteiger partial charge in [0.15, 0.2) is 5.82 Å². The number of benzene rings is 1. The van der Waals surface area contributed by atoms with E-state index in [1.807, 2.05) is 12.1 Å². The molecule has 2 aromatic rings. The smallest absolute Gasteiger partial charge is 0.211 e. The Balaban J connectivity index is 1.18. The number of aromatic nitrogens is 2. The SMILES string of the molecule is CC(C)c1ccc(N2CCC(CCCOc3ccc4c(c3)CCN(S(C)(=O)=O)C4)CC2)nn1. The van der Waals surface area contributed by atoms with Crippen LogP contribution in [0.15, 0.2) is 30.3 Å². The second kappa shape index (κ2) is 10.4. The third-order valence-corrected chi connectivity index (χ3v) is 8.10. The van der Waals surface area contributed by atoms with Crippen molar-refractivity contribution in [2.75, 3.05) is 37.4 Å². The summed E-state index contributed by atoms with van der Waals surface area (Å²) in [5, 5.41) is 8.79. The number of piperidine rings is 1. The maximum Gasteiger partial charge on any atom is 0.211 e. The summed E-state index contributed by atoms with van der Waals surface area (Å²) >= 11 is 0. The topological polar surface area (TPSA) is 75.6 Å². The van der Waals surface area contributed by atoms with Gasteiger partial charge in [0.1, 0.15) is 5.75 Å². The quantitative estimate of drug-likeness (QED) is 0.541. The first-order chi connectivity index (χ1) is 15.8. The minimum absolute atomic E-state index is 0.408. The van der Waals surface area contributed by atoms with E-state index in [-0.39, 0.29) is 0 Å². The standard InChI is InChI=1S/C25H36N4O3S/c1-19(2)24-8-9-25(27-26-24)28-13-10-20(11-14-28)5-4-16-32-23-7-6-22-18-29(33(3,30)31)15-12-21(22)17-23/h6-9,17,19-20H,4-5,10-16,18H2,1-3H3. The molecule has 180 valence electrons. The van der Waals surface area contributed by atoms with Crippen molar-refractivity contribution in [3.63, 3.8) is 0 Å². The minimum Gasteiger partial charge on any atom is -0.494 e. The molecule has 2 aliphatic heterocycles. The van der Waals surface area contributed by atoms with Crippen molar-refractivity contribution in [1.29, 1.82) is 0 Å². The van der Waals surface area contributed by atoms with Gasteiger partial charge in [0, 0.05) is 26.2 Å². The highest BCUT2D eigenvalue weighted by Crippen LogP contribution is 2.27. The Labute approximate surface area is 198 Å². The monoisotopic (exact) mass is 472 g/mol. The van der Waals surface area contributed by atoms with Crippen LogP contribution in [0, 0.1) is 5.92 Å². The van der Waals surface area contributed by atoms with Crippen LogP contribution >= 0.6 is 0 Å². The highest BCUT2D eigenvalue weighted by molar-refractivity contribution is 7.88. The lowest BCUT2D eigenvalue weighted by atomic mass is 9.92. The zero-order valence-corrected chi connectivity index (χ0v) is 20.9. The van der Waals surface area contributed by atoms with Crippen molar-refractivity contribution in [1.82, 2.24) is 14.5 Å². The Hall–Kier alpha value is -2.19. The molecule has 0 atom stereocenters. The molecule has 0 N–H and O–H groups in total. The fourth-order valence-electron chi connectivity index (χ4n) is 4.70. The van der Waals surface area contributed by atoms with E-state index in [0.717, 1.165) is 61.3 Å². The predicted octanol–water partition coefficient (Wildman–Crippen LogP) is 3.99. The van der Waals surface area contributed by atoms with Gasteiger partial charge in [-0.15, -0.1) is 5.10 Å². The first-order valence-electron chi connectivity index (χ1n) is 12.1. The molecule has 1 aromatic heterocycles. The number of hydrogen-bond donors (Lipinski definition) is 0. The van der Waals surface area contributed by atoms with Gasteiger partial charge in [0.2, 0.25) is 10.0 Å². The van der Waals surface area contributed by atoms with Crippen LogP contribution in [0.4, 0.5) is 5.82 Å². The third kappa shape index (κ3) is 6.23.